The summed E-state index contributed by atoms with van der Waals surface area (Å²) >= 11 is 5.73. The number of aliphatic hydroxyl groups is 1. The normalized spacial score (nSPS) is 12.1. The molecule has 1 atom stereocenters. The highest BCUT2D eigenvalue weighted by atomic mass is 35.5. The van der Waals surface area contributed by atoms with E-state index in [0.29, 0.717) is 0 Å². The van der Waals surface area contributed by atoms with Crippen LogP contribution in [0.1, 0.15) is 18.6 Å². The predicted molar refractivity (Wildman–Crippen MR) is 59.6 cm³/mol. The van der Waals surface area contributed by atoms with Crippen LogP contribution in [-0.2, 0) is 9.53 Å². The number of hydrogen-bond donors (Lipinski definition) is 1. The number of halogens is 2. The van der Waals surface area contributed by atoms with Gasteiger partial charge < -0.3 is 14.6 Å². The van der Waals surface area contributed by atoms with E-state index < -0.39 is 17.9 Å². The lowest BCUT2D eigenvalue weighted by molar-refractivity contribution is -0.153. The number of ether oxygens (including phenoxy) is 2. The highest BCUT2D eigenvalue weighted by Gasteiger charge is 2.24. The van der Waals surface area contributed by atoms with E-state index in [0.717, 1.165) is 12.1 Å². The summed E-state index contributed by atoms with van der Waals surface area (Å²) in [4.78, 5) is 11.3. The third-order valence-electron chi connectivity index (χ3n) is 2.05. The third kappa shape index (κ3) is 3.08. The maximum atomic E-state index is 13.2. The topological polar surface area (TPSA) is 55.8 Å². The summed E-state index contributed by atoms with van der Waals surface area (Å²) in [5.41, 5.74) is -0.0593. The summed E-state index contributed by atoms with van der Waals surface area (Å²) in [6, 6.07) is 2.01. The van der Waals surface area contributed by atoms with E-state index in [1.165, 1.54) is 7.11 Å². The van der Waals surface area contributed by atoms with Crippen LogP contribution in [0.2, 0.25) is 5.02 Å². The predicted octanol–water partition coefficient (Wildman–Crippen LogP) is 2.08. The molecule has 1 unspecified atom stereocenters. The average Bonchev–Trinajstić information content (AvgIpc) is 2.27. The van der Waals surface area contributed by atoms with Crippen LogP contribution in [0.15, 0.2) is 12.1 Å². The van der Waals surface area contributed by atoms with Crippen molar-refractivity contribution in [2.75, 3.05) is 13.7 Å². The molecule has 94 valence electrons. The highest BCUT2D eigenvalue weighted by Crippen LogP contribution is 2.34. The summed E-state index contributed by atoms with van der Waals surface area (Å²) < 4.78 is 22.7. The molecule has 0 fully saturated rings. The van der Waals surface area contributed by atoms with Crippen molar-refractivity contribution in [3.05, 3.63) is 28.5 Å². The molecule has 1 aromatic carbocycles. The van der Waals surface area contributed by atoms with Crippen LogP contribution in [0, 0.1) is 5.82 Å². The van der Waals surface area contributed by atoms with E-state index in [1.54, 1.807) is 6.92 Å². The molecule has 0 aromatic heterocycles. The Morgan fingerprint density at radius 1 is 1.59 bits per heavy atom. The Labute approximate surface area is 103 Å². The largest absolute Gasteiger partial charge is 0.495 e. The zero-order valence-electron chi connectivity index (χ0n) is 9.37. The molecule has 17 heavy (non-hydrogen) atoms. The van der Waals surface area contributed by atoms with Gasteiger partial charge in [-0.2, -0.15) is 0 Å². The Hall–Kier alpha value is -1.33. The quantitative estimate of drug-likeness (QED) is 0.844. The lowest BCUT2D eigenvalue weighted by Crippen LogP contribution is -2.16. The second-order valence-corrected chi connectivity index (χ2v) is 3.57. The summed E-state index contributed by atoms with van der Waals surface area (Å²) in [5, 5.41) is 9.68. The minimum atomic E-state index is -1.63. The molecule has 0 aliphatic carbocycles. The van der Waals surface area contributed by atoms with Crippen molar-refractivity contribution >= 4 is 17.6 Å². The van der Waals surface area contributed by atoms with Crippen molar-refractivity contribution in [1.82, 2.24) is 0 Å². The first kappa shape index (κ1) is 13.7. The Morgan fingerprint density at radius 2 is 2.24 bits per heavy atom. The van der Waals surface area contributed by atoms with Gasteiger partial charge in [0.25, 0.3) is 0 Å². The van der Waals surface area contributed by atoms with Crippen molar-refractivity contribution in [3.63, 3.8) is 0 Å². The summed E-state index contributed by atoms with van der Waals surface area (Å²) in [6.07, 6.45) is -1.63. The minimum absolute atomic E-state index is 0.0224. The number of carbonyl (C=O) groups excluding carboxylic acids is 1. The fraction of sp³-hybridized carbons (Fsp3) is 0.364. The van der Waals surface area contributed by atoms with Crippen LogP contribution in [0.3, 0.4) is 0 Å². The first-order valence-electron chi connectivity index (χ1n) is 4.88. The summed E-state index contributed by atoms with van der Waals surface area (Å²) in [5.74, 6) is -1.50. The first-order chi connectivity index (χ1) is 8.01. The van der Waals surface area contributed by atoms with Gasteiger partial charge in [-0.25, -0.2) is 9.18 Å². The Morgan fingerprint density at radius 3 is 2.76 bits per heavy atom. The lowest BCUT2D eigenvalue weighted by atomic mass is 10.1. The molecule has 0 saturated heterocycles. The molecule has 0 aliphatic heterocycles. The van der Waals surface area contributed by atoms with Gasteiger partial charge in [0.1, 0.15) is 11.6 Å². The molecule has 0 spiro atoms. The van der Waals surface area contributed by atoms with Crippen molar-refractivity contribution in [2.45, 2.75) is 13.0 Å². The minimum Gasteiger partial charge on any atom is -0.495 e. The number of hydrogen-bond acceptors (Lipinski definition) is 4. The van der Waals surface area contributed by atoms with E-state index >= 15 is 0 Å². The number of aliphatic hydroxyl groups excluding tert-OH is 1. The van der Waals surface area contributed by atoms with Gasteiger partial charge >= 0.3 is 5.97 Å². The van der Waals surface area contributed by atoms with E-state index in [-0.39, 0.29) is 22.9 Å². The molecule has 0 bridgehead atoms. The summed E-state index contributed by atoms with van der Waals surface area (Å²) in [7, 11) is 1.31. The second kappa shape index (κ2) is 5.84. The number of esters is 1. The molecule has 1 N–H and O–H groups in total. The van der Waals surface area contributed by atoms with Crippen molar-refractivity contribution in [1.29, 1.82) is 0 Å². The number of benzene rings is 1. The lowest BCUT2D eigenvalue weighted by Gasteiger charge is -2.14. The molecule has 4 nitrogen and oxygen atoms in total. The molecule has 1 rings (SSSR count). The SMILES string of the molecule is CCOC(=O)C(O)c1cc(F)cc(Cl)c1OC. The molecule has 1 aromatic rings. The van der Waals surface area contributed by atoms with Crippen molar-refractivity contribution in [2.24, 2.45) is 0 Å². The van der Waals surface area contributed by atoms with Crippen LogP contribution in [0.5, 0.6) is 5.75 Å². The van der Waals surface area contributed by atoms with E-state index in [1.807, 2.05) is 0 Å². The fourth-order valence-electron chi connectivity index (χ4n) is 1.35. The van der Waals surface area contributed by atoms with Gasteiger partial charge in [-0.3, -0.25) is 0 Å². The second-order valence-electron chi connectivity index (χ2n) is 3.16. The molecule has 0 amide bonds. The van der Waals surface area contributed by atoms with Crippen LogP contribution < -0.4 is 4.74 Å². The average molecular weight is 263 g/mol. The fourth-order valence-corrected chi connectivity index (χ4v) is 1.64. The van der Waals surface area contributed by atoms with Crippen LogP contribution in [0.4, 0.5) is 4.39 Å². The van der Waals surface area contributed by atoms with Crippen LogP contribution >= 0.6 is 11.6 Å². The van der Waals surface area contributed by atoms with E-state index in [2.05, 4.69) is 4.74 Å². The number of rotatable bonds is 4. The molecule has 0 radical (unpaired) electrons. The van der Waals surface area contributed by atoms with E-state index in [9.17, 15) is 14.3 Å². The zero-order valence-corrected chi connectivity index (χ0v) is 10.1. The Bertz CT molecular complexity index is 422. The Balaban J connectivity index is 3.15. The molecule has 0 aliphatic rings. The standard InChI is InChI=1S/C11H12ClFO4/c1-3-17-11(15)9(14)7-4-6(13)5-8(12)10(7)16-2/h4-5,9,14H,3H2,1-2H3. The smallest absolute Gasteiger partial charge is 0.339 e. The van der Waals surface area contributed by atoms with Gasteiger partial charge in [0, 0.05) is 5.56 Å². The van der Waals surface area contributed by atoms with Gasteiger partial charge in [-0.1, -0.05) is 11.6 Å². The van der Waals surface area contributed by atoms with Gasteiger partial charge in [-0.05, 0) is 19.1 Å². The molecule has 6 heteroatoms. The van der Waals surface area contributed by atoms with Crippen LogP contribution in [0.25, 0.3) is 0 Å². The molecular weight excluding hydrogens is 251 g/mol. The first-order valence-corrected chi connectivity index (χ1v) is 5.26. The third-order valence-corrected chi connectivity index (χ3v) is 2.33. The maximum Gasteiger partial charge on any atom is 0.339 e. The van der Waals surface area contributed by atoms with Crippen molar-refractivity contribution < 1.29 is 23.8 Å². The van der Waals surface area contributed by atoms with E-state index in [4.69, 9.17) is 16.3 Å². The summed E-state index contributed by atoms with van der Waals surface area (Å²) in [6.45, 7) is 1.71. The molecule has 0 saturated carbocycles. The number of carbonyl (C=O) groups is 1. The van der Waals surface area contributed by atoms with Crippen LogP contribution in [-0.4, -0.2) is 24.8 Å². The van der Waals surface area contributed by atoms with Gasteiger partial charge in [0.2, 0.25) is 0 Å². The van der Waals surface area contributed by atoms with Gasteiger partial charge in [-0.15, -0.1) is 0 Å². The highest BCUT2D eigenvalue weighted by molar-refractivity contribution is 6.32. The monoisotopic (exact) mass is 262 g/mol. The number of methoxy groups -OCH3 is 1. The van der Waals surface area contributed by atoms with Gasteiger partial charge in [0.05, 0.1) is 18.7 Å². The molecule has 0 heterocycles. The zero-order chi connectivity index (χ0) is 13.0. The molecular formula is C11H12ClFO4. The maximum absolute atomic E-state index is 13.2. The Kier molecular flexibility index (Phi) is 4.72. The van der Waals surface area contributed by atoms with Crippen molar-refractivity contribution in [3.8, 4) is 5.75 Å². The van der Waals surface area contributed by atoms with Gasteiger partial charge in [0.15, 0.2) is 6.10 Å².